The number of rotatable bonds is 6. The van der Waals surface area contributed by atoms with Gasteiger partial charge in [-0.1, -0.05) is 20.8 Å². The van der Waals surface area contributed by atoms with Crippen molar-refractivity contribution < 1.29 is 4.79 Å². The van der Waals surface area contributed by atoms with E-state index in [1.165, 1.54) is 0 Å². The molecule has 0 aliphatic carbocycles. The van der Waals surface area contributed by atoms with E-state index in [1.54, 1.807) is 12.4 Å². The topological polar surface area (TPSA) is 66.9 Å². The average Bonchev–Trinajstić information content (AvgIpc) is 2.49. The second-order valence-electron chi connectivity index (χ2n) is 6.15. The van der Waals surface area contributed by atoms with E-state index >= 15 is 0 Å². The number of carbonyl (C=O) groups is 1. The first-order chi connectivity index (χ1) is 10.1. The Morgan fingerprint density at radius 1 is 1.33 bits per heavy atom. The van der Waals surface area contributed by atoms with E-state index in [4.69, 9.17) is 0 Å². The van der Waals surface area contributed by atoms with Crippen molar-refractivity contribution in [3.63, 3.8) is 0 Å². The molecule has 1 aromatic rings. The van der Waals surface area contributed by atoms with Gasteiger partial charge in [0.25, 0.3) is 0 Å². The van der Waals surface area contributed by atoms with Gasteiger partial charge in [-0.25, -0.2) is 9.97 Å². The van der Waals surface area contributed by atoms with Gasteiger partial charge in [0, 0.05) is 24.4 Å². The minimum Gasteiger partial charge on any atom is -0.348 e. The van der Waals surface area contributed by atoms with E-state index in [1.807, 2.05) is 6.92 Å². The minimum absolute atomic E-state index is 0.0419. The van der Waals surface area contributed by atoms with Crippen molar-refractivity contribution in [2.75, 3.05) is 18.4 Å². The maximum atomic E-state index is 11.8. The SMILES string of the molecule is CCCC(=O)c1cnc(NC2(C(C)C)CCNCC2)nc1. The molecular weight excluding hydrogens is 264 g/mol. The third-order valence-electron chi connectivity index (χ3n) is 4.41. The van der Waals surface area contributed by atoms with E-state index in [9.17, 15) is 4.79 Å². The molecule has 2 heterocycles. The van der Waals surface area contributed by atoms with E-state index < -0.39 is 0 Å². The summed E-state index contributed by atoms with van der Waals surface area (Å²) in [5, 5.41) is 6.91. The molecule has 0 radical (unpaired) electrons. The maximum absolute atomic E-state index is 11.8. The molecule has 1 aliphatic heterocycles. The molecule has 21 heavy (non-hydrogen) atoms. The van der Waals surface area contributed by atoms with Gasteiger partial charge >= 0.3 is 0 Å². The largest absolute Gasteiger partial charge is 0.348 e. The lowest BCUT2D eigenvalue weighted by Gasteiger charge is -2.42. The van der Waals surface area contributed by atoms with E-state index in [0.29, 0.717) is 23.9 Å². The van der Waals surface area contributed by atoms with Crippen LogP contribution in [-0.4, -0.2) is 34.4 Å². The summed E-state index contributed by atoms with van der Waals surface area (Å²) in [7, 11) is 0. The lowest BCUT2D eigenvalue weighted by atomic mass is 9.78. The first-order valence-electron chi connectivity index (χ1n) is 7.91. The monoisotopic (exact) mass is 290 g/mol. The summed E-state index contributed by atoms with van der Waals surface area (Å²) in [6.45, 7) is 8.49. The fourth-order valence-corrected chi connectivity index (χ4v) is 2.85. The molecule has 1 saturated heterocycles. The Bertz CT molecular complexity index is 464. The smallest absolute Gasteiger partial charge is 0.223 e. The van der Waals surface area contributed by atoms with Crippen molar-refractivity contribution in [1.29, 1.82) is 0 Å². The predicted molar refractivity (Wildman–Crippen MR) is 84.6 cm³/mol. The fraction of sp³-hybridized carbons (Fsp3) is 0.688. The standard InChI is InChI=1S/C16H26N4O/c1-4-5-14(21)13-10-18-15(19-11-13)20-16(12(2)3)6-8-17-9-7-16/h10-12,17H,4-9H2,1-3H3,(H,18,19,20). The third-order valence-corrected chi connectivity index (χ3v) is 4.41. The van der Waals surface area contributed by atoms with Crippen LogP contribution in [0.4, 0.5) is 5.95 Å². The van der Waals surface area contributed by atoms with Crippen LogP contribution in [0.5, 0.6) is 0 Å². The van der Waals surface area contributed by atoms with Gasteiger partial charge < -0.3 is 10.6 Å². The third kappa shape index (κ3) is 3.79. The summed E-state index contributed by atoms with van der Waals surface area (Å²) in [6.07, 6.45) is 6.81. The van der Waals surface area contributed by atoms with Crippen molar-refractivity contribution in [1.82, 2.24) is 15.3 Å². The van der Waals surface area contributed by atoms with Gasteiger partial charge in [-0.05, 0) is 38.3 Å². The van der Waals surface area contributed by atoms with Gasteiger partial charge in [0.2, 0.25) is 5.95 Å². The Kier molecular flexibility index (Phi) is 5.28. The summed E-state index contributed by atoms with van der Waals surface area (Å²) >= 11 is 0. The van der Waals surface area contributed by atoms with Crippen LogP contribution in [0.15, 0.2) is 12.4 Å². The molecule has 1 aliphatic rings. The number of nitrogens with zero attached hydrogens (tertiary/aromatic N) is 2. The molecule has 2 N–H and O–H groups in total. The highest BCUT2D eigenvalue weighted by molar-refractivity contribution is 5.95. The second-order valence-corrected chi connectivity index (χ2v) is 6.15. The number of Topliss-reactive ketones (excluding diaryl/α,β-unsaturated/α-hetero) is 1. The molecule has 0 amide bonds. The Balaban J connectivity index is 2.09. The van der Waals surface area contributed by atoms with Crippen LogP contribution >= 0.6 is 0 Å². The molecule has 1 fully saturated rings. The number of nitrogens with one attached hydrogen (secondary N) is 2. The molecule has 5 heteroatoms. The Morgan fingerprint density at radius 2 is 1.95 bits per heavy atom. The van der Waals surface area contributed by atoms with Crippen LogP contribution in [0.25, 0.3) is 0 Å². The number of hydrogen-bond donors (Lipinski definition) is 2. The number of hydrogen-bond acceptors (Lipinski definition) is 5. The highest BCUT2D eigenvalue weighted by Gasteiger charge is 2.35. The van der Waals surface area contributed by atoms with Gasteiger partial charge in [-0.15, -0.1) is 0 Å². The minimum atomic E-state index is 0.0419. The number of anilines is 1. The first-order valence-corrected chi connectivity index (χ1v) is 7.91. The average molecular weight is 290 g/mol. The van der Waals surface area contributed by atoms with Crippen molar-refractivity contribution in [2.24, 2.45) is 5.92 Å². The van der Waals surface area contributed by atoms with Crippen molar-refractivity contribution in [3.8, 4) is 0 Å². The summed E-state index contributed by atoms with van der Waals surface area (Å²) in [4.78, 5) is 20.5. The lowest BCUT2D eigenvalue weighted by molar-refractivity contribution is 0.0981. The zero-order valence-corrected chi connectivity index (χ0v) is 13.3. The Hall–Kier alpha value is -1.49. The molecule has 0 atom stereocenters. The van der Waals surface area contributed by atoms with Crippen molar-refractivity contribution in [2.45, 2.75) is 52.0 Å². The van der Waals surface area contributed by atoms with Crippen molar-refractivity contribution in [3.05, 3.63) is 18.0 Å². The fourth-order valence-electron chi connectivity index (χ4n) is 2.85. The van der Waals surface area contributed by atoms with Crippen LogP contribution in [0.3, 0.4) is 0 Å². The molecule has 0 saturated carbocycles. The summed E-state index contributed by atoms with van der Waals surface area (Å²) < 4.78 is 0. The predicted octanol–water partition coefficient (Wildman–Crippen LogP) is 2.65. The van der Waals surface area contributed by atoms with Gasteiger partial charge in [-0.3, -0.25) is 4.79 Å². The number of carbonyl (C=O) groups excluding carboxylic acids is 1. The Labute approximate surface area is 127 Å². The summed E-state index contributed by atoms with van der Waals surface area (Å²) in [5.41, 5.74) is 0.645. The lowest BCUT2D eigenvalue weighted by Crippen LogP contribution is -2.51. The molecule has 0 aromatic carbocycles. The summed E-state index contributed by atoms with van der Waals surface area (Å²) in [5.74, 6) is 1.24. The Morgan fingerprint density at radius 3 is 2.48 bits per heavy atom. The van der Waals surface area contributed by atoms with E-state index in [-0.39, 0.29) is 11.3 Å². The van der Waals surface area contributed by atoms with Crippen LogP contribution in [-0.2, 0) is 0 Å². The van der Waals surface area contributed by atoms with Gasteiger partial charge in [0.1, 0.15) is 0 Å². The molecule has 116 valence electrons. The maximum Gasteiger partial charge on any atom is 0.223 e. The molecule has 0 bridgehead atoms. The van der Waals surface area contributed by atoms with Gasteiger partial charge in [0.05, 0.1) is 5.56 Å². The molecule has 5 nitrogen and oxygen atoms in total. The zero-order chi connectivity index (χ0) is 15.3. The number of ketones is 1. The zero-order valence-electron chi connectivity index (χ0n) is 13.3. The number of piperidine rings is 1. The van der Waals surface area contributed by atoms with Gasteiger partial charge in [0.15, 0.2) is 5.78 Å². The summed E-state index contributed by atoms with van der Waals surface area (Å²) in [6, 6.07) is 0. The van der Waals surface area contributed by atoms with Crippen molar-refractivity contribution >= 4 is 11.7 Å². The first kappa shape index (κ1) is 15.9. The normalized spacial score (nSPS) is 17.7. The molecular formula is C16H26N4O. The highest BCUT2D eigenvalue weighted by Crippen LogP contribution is 2.30. The van der Waals surface area contributed by atoms with E-state index in [2.05, 4.69) is 34.4 Å². The van der Waals surface area contributed by atoms with Crippen LogP contribution < -0.4 is 10.6 Å². The van der Waals surface area contributed by atoms with Crippen LogP contribution in [0.1, 0.15) is 56.8 Å². The molecule has 1 aromatic heterocycles. The van der Waals surface area contributed by atoms with Crippen LogP contribution in [0, 0.1) is 5.92 Å². The van der Waals surface area contributed by atoms with Gasteiger partial charge in [-0.2, -0.15) is 0 Å². The highest BCUT2D eigenvalue weighted by atomic mass is 16.1. The molecule has 0 unspecified atom stereocenters. The molecule has 0 spiro atoms. The second kappa shape index (κ2) is 6.98. The number of aromatic nitrogens is 2. The van der Waals surface area contributed by atoms with E-state index in [0.717, 1.165) is 32.4 Å². The van der Waals surface area contributed by atoms with Crippen LogP contribution in [0.2, 0.25) is 0 Å². The quantitative estimate of drug-likeness (QED) is 0.788. The molecule has 2 rings (SSSR count).